The largest absolute Gasteiger partial charge is 0.354 e. The van der Waals surface area contributed by atoms with E-state index < -0.39 is 10.0 Å². The van der Waals surface area contributed by atoms with Gasteiger partial charge in [0.25, 0.3) is 0 Å². The predicted octanol–water partition coefficient (Wildman–Crippen LogP) is 1.93. The summed E-state index contributed by atoms with van der Waals surface area (Å²) in [6.07, 6.45) is 1.83. The zero-order valence-electron chi connectivity index (χ0n) is 14.6. The van der Waals surface area contributed by atoms with Gasteiger partial charge in [-0.1, -0.05) is 12.1 Å². The number of pyridine rings is 1. The number of benzene rings is 1. The van der Waals surface area contributed by atoms with E-state index in [2.05, 4.69) is 28.6 Å². The lowest BCUT2D eigenvalue weighted by Crippen LogP contribution is -2.49. The van der Waals surface area contributed by atoms with Gasteiger partial charge in [0.2, 0.25) is 10.0 Å². The van der Waals surface area contributed by atoms with E-state index in [9.17, 15) is 8.42 Å². The third-order valence-corrected chi connectivity index (χ3v) is 5.56. The maximum absolute atomic E-state index is 11.3. The molecule has 0 spiro atoms. The van der Waals surface area contributed by atoms with Gasteiger partial charge in [-0.2, -0.15) is 0 Å². The van der Waals surface area contributed by atoms with Gasteiger partial charge in [0, 0.05) is 44.0 Å². The molecule has 0 unspecified atom stereocenters. The Balaban J connectivity index is 1.70. The highest BCUT2D eigenvalue weighted by Crippen LogP contribution is 2.23. The van der Waals surface area contributed by atoms with Crippen LogP contribution in [0.25, 0.3) is 11.1 Å². The number of piperazine rings is 1. The lowest BCUT2D eigenvalue weighted by molar-refractivity contribution is 0.209. The number of aromatic nitrogens is 1. The van der Waals surface area contributed by atoms with Crippen LogP contribution < -0.4 is 10.0 Å². The highest BCUT2D eigenvalue weighted by molar-refractivity contribution is 7.89. The van der Waals surface area contributed by atoms with Gasteiger partial charge in [-0.25, -0.2) is 18.5 Å². The number of hydrogen-bond acceptors (Lipinski definition) is 5. The lowest BCUT2D eigenvalue weighted by Gasteiger charge is -2.37. The summed E-state index contributed by atoms with van der Waals surface area (Å²) >= 11 is 0. The molecule has 1 aliphatic rings. The van der Waals surface area contributed by atoms with Crippen LogP contribution in [0.2, 0.25) is 0 Å². The van der Waals surface area contributed by atoms with Gasteiger partial charge < -0.3 is 4.90 Å². The Labute approximate surface area is 149 Å². The minimum Gasteiger partial charge on any atom is -0.354 e. The second-order valence-electron chi connectivity index (χ2n) is 6.59. The topological polar surface area (TPSA) is 79.5 Å². The molecule has 2 N–H and O–H groups in total. The number of sulfonamides is 1. The number of hydrogen-bond donors (Lipinski definition) is 1. The molecule has 0 saturated carbocycles. The lowest BCUT2D eigenvalue weighted by atomic mass is 10.1. The van der Waals surface area contributed by atoms with Crippen LogP contribution in [0.3, 0.4) is 0 Å². The standard InChI is InChI=1S/C18H24N4O2S/c1-14(2)21-9-11-22(12-10-21)18-8-5-16(13-20-18)15-3-6-17(7-4-15)25(19,23)24/h3-8,13-14H,9-12H2,1-2H3,(H2,19,23,24). The average Bonchev–Trinajstić information content (AvgIpc) is 2.61. The zero-order valence-corrected chi connectivity index (χ0v) is 15.4. The molecule has 0 bridgehead atoms. The van der Waals surface area contributed by atoms with E-state index in [4.69, 9.17) is 5.14 Å². The minimum atomic E-state index is -3.66. The highest BCUT2D eigenvalue weighted by atomic mass is 32.2. The first kappa shape index (κ1) is 17.8. The third-order valence-electron chi connectivity index (χ3n) is 4.63. The van der Waals surface area contributed by atoms with Crippen LogP contribution in [-0.4, -0.2) is 50.5 Å². The normalized spacial score (nSPS) is 16.4. The Morgan fingerprint density at radius 2 is 1.56 bits per heavy atom. The first-order valence-corrected chi connectivity index (χ1v) is 9.97. The molecular formula is C18H24N4O2S. The van der Waals surface area contributed by atoms with Gasteiger partial charge in [-0.15, -0.1) is 0 Å². The molecule has 0 amide bonds. The van der Waals surface area contributed by atoms with Crippen molar-refractivity contribution in [3.63, 3.8) is 0 Å². The molecule has 1 saturated heterocycles. The quantitative estimate of drug-likeness (QED) is 0.901. The Bertz CT molecular complexity index is 809. The zero-order chi connectivity index (χ0) is 18.0. The van der Waals surface area contributed by atoms with Crippen molar-refractivity contribution in [3.8, 4) is 11.1 Å². The monoisotopic (exact) mass is 360 g/mol. The average molecular weight is 360 g/mol. The molecule has 134 valence electrons. The Kier molecular flexibility index (Phi) is 5.08. The van der Waals surface area contributed by atoms with E-state index in [-0.39, 0.29) is 4.90 Å². The van der Waals surface area contributed by atoms with Crippen LogP contribution in [0, 0.1) is 0 Å². The summed E-state index contributed by atoms with van der Waals surface area (Å²) in [6.45, 7) is 8.52. The van der Waals surface area contributed by atoms with Crippen molar-refractivity contribution >= 4 is 15.8 Å². The predicted molar refractivity (Wildman–Crippen MR) is 100.0 cm³/mol. The van der Waals surface area contributed by atoms with E-state index in [0.717, 1.165) is 43.1 Å². The molecule has 1 aromatic heterocycles. The van der Waals surface area contributed by atoms with Crippen molar-refractivity contribution in [3.05, 3.63) is 42.6 Å². The fraction of sp³-hybridized carbons (Fsp3) is 0.389. The van der Waals surface area contributed by atoms with Crippen LogP contribution >= 0.6 is 0 Å². The molecule has 1 aliphatic heterocycles. The van der Waals surface area contributed by atoms with Crippen molar-refractivity contribution < 1.29 is 8.42 Å². The highest BCUT2D eigenvalue weighted by Gasteiger charge is 2.19. The van der Waals surface area contributed by atoms with Crippen molar-refractivity contribution in [1.29, 1.82) is 0 Å². The van der Waals surface area contributed by atoms with Gasteiger partial charge in [0.1, 0.15) is 5.82 Å². The molecule has 0 aliphatic carbocycles. The summed E-state index contributed by atoms with van der Waals surface area (Å²) in [4.78, 5) is 9.47. The number of primary sulfonamides is 1. The van der Waals surface area contributed by atoms with Crippen molar-refractivity contribution in [1.82, 2.24) is 9.88 Å². The molecule has 6 nitrogen and oxygen atoms in total. The van der Waals surface area contributed by atoms with E-state index in [1.807, 2.05) is 18.3 Å². The molecule has 0 atom stereocenters. The van der Waals surface area contributed by atoms with Crippen LogP contribution in [0.1, 0.15) is 13.8 Å². The Hall–Kier alpha value is -1.96. The molecule has 0 radical (unpaired) electrons. The number of rotatable bonds is 4. The maximum atomic E-state index is 11.3. The molecule has 3 rings (SSSR count). The third kappa shape index (κ3) is 4.18. The molecular weight excluding hydrogens is 336 g/mol. The maximum Gasteiger partial charge on any atom is 0.238 e. The summed E-state index contributed by atoms with van der Waals surface area (Å²) < 4.78 is 22.6. The summed E-state index contributed by atoms with van der Waals surface area (Å²) in [5.74, 6) is 0.980. The summed E-state index contributed by atoms with van der Waals surface area (Å²) in [5, 5.41) is 5.13. The molecule has 25 heavy (non-hydrogen) atoms. The van der Waals surface area contributed by atoms with Crippen molar-refractivity contribution in [2.24, 2.45) is 5.14 Å². The van der Waals surface area contributed by atoms with Crippen LogP contribution in [-0.2, 0) is 10.0 Å². The molecule has 1 aromatic carbocycles. The smallest absolute Gasteiger partial charge is 0.238 e. The van der Waals surface area contributed by atoms with Crippen LogP contribution in [0.15, 0.2) is 47.5 Å². The van der Waals surface area contributed by atoms with Crippen molar-refractivity contribution in [2.75, 3.05) is 31.1 Å². The summed E-state index contributed by atoms with van der Waals surface area (Å²) in [7, 11) is -3.66. The molecule has 1 fully saturated rings. The molecule has 2 aromatic rings. The van der Waals surface area contributed by atoms with E-state index in [0.29, 0.717) is 6.04 Å². The van der Waals surface area contributed by atoms with E-state index in [1.54, 1.807) is 12.1 Å². The summed E-state index contributed by atoms with van der Waals surface area (Å²) in [6, 6.07) is 11.2. The van der Waals surface area contributed by atoms with Gasteiger partial charge in [0.15, 0.2) is 0 Å². The summed E-state index contributed by atoms with van der Waals surface area (Å²) in [5.41, 5.74) is 1.86. The molecule has 2 heterocycles. The number of nitrogens with zero attached hydrogens (tertiary/aromatic N) is 3. The number of nitrogens with two attached hydrogens (primary N) is 1. The minimum absolute atomic E-state index is 0.115. The van der Waals surface area contributed by atoms with Crippen LogP contribution in [0.4, 0.5) is 5.82 Å². The van der Waals surface area contributed by atoms with Crippen molar-refractivity contribution in [2.45, 2.75) is 24.8 Å². The van der Waals surface area contributed by atoms with Gasteiger partial charge in [-0.3, -0.25) is 4.90 Å². The fourth-order valence-corrected chi connectivity index (χ4v) is 3.56. The Morgan fingerprint density at radius 1 is 0.960 bits per heavy atom. The van der Waals surface area contributed by atoms with E-state index >= 15 is 0 Å². The molecule has 7 heteroatoms. The van der Waals surface area contributed by atoms with Crippen LogP contribution in [0.5, 0.6) is 0 Å². The fourth-order valence-electron chi connectivity index (χ4n) is 3.05. The van der Waals surface area contributed by atoms with Gasteiger partial charge in [0.05, 0.1) is 4.90 Å². The first-order valence-electron chi connectivity index (χ1n) is 8.43. The first-order chi connectivity index (χ1) is 11.8. The number of anilines is 1. The second-order valence-corrected chi connectivity index (χ2v) is 8.15. The Morgan fingerprint density at radius 3 is 2.04 bits per heavy atom. The second kappa shape index (κ2) is 7.11. The van der Waals surface area contributed by atoms with E-state index in [1.165, 1.54) is 12.1 Å². The van der Waals surface area contributed by atoms with Gasteiger partial charge >= 0.3 is 0 Å². The SMILES string of the molecule is CC(C)N1CCN(c2ccc(-c3ccc(S(N)(=O)=O)cc3)cn2)CC1. The van der Waals surface area contributed by atoms with Gasteiger partial charge in [-0.05, 0) is 43.7 Å².